The molecule has 1 saturated carbocycles. The van der Waals surface area contributed by atoms with Crippen molar-refractivity contribution < 1.29 is 9.18 Å². The van der Waals surface area contributed by atoms with Gasteiger partial charge in [-0.25, -0.2) is 4.39 Å². The number of piperidine rings is 1. The van der Waals surface area contributed by atoms with E-state index in [4.69, 9.17) is 0 Å². The Labute approximate surface area is 126 Å². The standard InChI is InChI=1S/C18H24FNO/c1-14(17(21)15-4-6-16(19)7-5-15)20-12-10-18(11-13-20)8-2-3-9-18/h4-7,14H,2-3,8-13H2,1H3. The molecule has 0 bridgehead atoms. The Hall–Kier alpha value is -1.22. The maximum atomic E-state index is 13.0. The Bertz CT molecular complexity index is 494. The molecule has 21 heavy (non-hydrogen) atoms. The number of halogens is 1. The van der Waals surface area contributed by atoms with Gasteiger partial charge in [0.15, 0.2) is 5.78 Å². The Morgan fingerprint density at radius 1 is 1.10 bits per heavy atom. The smallest absolute Gasteiger partial charge is 0.179 e. The van der Waals surface area contributed by atoms with Crippen LogP contribution in [-0.2, 0) is 0 Å². The summed E-state index contributed by atoms with van der Waals surface area (Å²) in [6.45, 7) is 4.03. The minimum Gasteiger partial charge on any atom is -0.293 e. The Morgan fingerprint density at radius 2 is 1.67 bits per heavy atom. The molecule has 2 fully saturated rings. The lowest BCUT2D eigenvalue weighted by atomic mass is 9.76. The van der Waals surface area contributed by atoms with Crippen LogP contribution in [-0.4, -0.2) is 29.8 Å². The second-order valence-corrected chi connectivity index (χ2v) is 6.79. The highest BCUT2D eigenvalue weighted by Crippen LogP contribution is 2.46. The van der Waals surface area contributed by atoms with Crippen molar-refractivity contribution in [3.8, 4) is 0 Å². The number of hydrogen-bond acceptors (Lipinski definition) is 2. The molecule has 2 aliphatic rings. The van der Waals surface area contributed by atoms with E-state index in [0.29, 0.717) is 11.0 Å². The quantitative estimate of drug-likeness (QED) is 0.782. The van der Waals surface area contributed by atoms with Gasteiger partial charge in [0.1, 0.15) is 5.82 Å². The van der Waals surface area contributed by atoms with Gasteiger partial charge < -0.3 is 0 Å². The van der Waals surface area contributed by atoms with E-state index in [1.54, 1.807) is 12.1 Å². The molecule has 1 aliphatic heterocycles. The number of likely N-dealkylation sites (tertiary alicyclic amines) is 1. The second-order valence-electron chi connectivity index (χ2n) is 6.79. The average molecular weight is 289 g/mol. The lowest BCUT2D eigenvalue weighted by Gasteiger charge is -2.41. The number of ketones is 1. The van der Waals surface area contributed by atoms with Crippen molar-refractivity contribution in [2.75, 3.05) is 13.1 Å². The molecule has 1 spiro atoms. The molecule has 0 aromatic heterocycles. The van der Waals surface area contributed by atoms with Gasteiger partial charge in [0.05, 0.1) is 6.04 Å². The molecular weight excluding hydrogens is 265 g/mol. The van der Waals surface area contributed by atoms with Crippen LogP contribution in [0.15, 0.2) is 24.3 Å². The third kappa shape index (κ3) is 3.03. The predicted octanol–water partition coefficient (Wildman–Crippen LogP) is 4.05. The van der Waals surface area contributed by atoms with E-state index in [1.807, 2.05) is 6.92 Å². The summed E-state index contributed by atoms with van der Waals surface area (Å²) in [5, 5.41) is 0. The molecule has 3 rings (SSSR count). The Balaban J connectivity index is 1.62. The summed E-state index contributed by atoms with van der Waals surface area (Å²) in [7, 11) is 0. The van der Waals surface area contributed by atoms with E-state index in [0.717, 1.165) is 13.1 Å². The maximum Gasteiger partial charge on any atom is 0.179 e. The molecule has 114 valence electrons. The van der Waals surface area contributed by atoms with Gasteiger partial charge in [-0.05, 0) is 75.4 Å². The number of rotatable bonds is 3. The van der Waals surface area contributed by atoms with Crippen LogP contribution in [0.1, 0.15) is 55.8 Å². The number of Topliss-reactive ketones (excluding diaryl/α,β-unsaturated/α-hetero) is 1. The molecule has 0 radical (unpaired) electrons. The van der Waals surface area contributed by atoms with Crippen LogP contribution in [0.3, 0.4) is 0 Å². The molecule has 2 nitrogen and oxygen atoms in total. The first-order valence-electron chi connectivity index (χ1n) is 8.14. The van der Waals surface area contributed by atoms with Crippen molar-refractivity contribution >= 4 is 5.78 Å². The summed E-state index contributed by atoms with van der Waals surface area (Å²) in [6, 6.07) is 5.81. The fourth-order valence-electron chi connectivity index (χ4n) is 4.03. The Kier molecular flexibility index (Phi) is 4.12. The maximum absolute atomic E-state index is 13.0. The zero-order valence-corrected chi connectivity index (χ0v) is 12.8. The molecule has 1 unspecified atom stereocenters. The molecule has 1 saturated heterocycles. The third-order valence-corrected chi connectivity index (χ3v) is 5.58. The first kappa shape index (κ1) is 14.7. The SMILES string of the molecule is CC(C(=O)c1ccc(F)cc1)N1CCC2(CCCC2)CC1. The van der Waals surface area contributed by atoms with Crippen molar-refractivity contribution in [2.24, 2.45) is 5.41 Å². The molecular formula is C18H24FNO. The number of hydrogen-bond donors (Lipinski definition) is 0. The van der Waals surface area contributed by atoms with Crippen molar-refractivity contribution in [2.45, 2.75) is 51.5 Å². The predicted molar refractivity (Wildman–Crippen MR) is 81.9 cm³/mol. The van der Waals surface area contributed by atoms with Crippen molar-refractivity contribution in [1.29, 1.82) is 0 Å². The largest absolute Gasteiger partial charge is 0.293 e. The van der Waals surface area contributed by atoms with Gasteiger partial charge in [0.2, 0.25) is 0 Å². The monoisotopic (exact) mass is 289 g/mol. The van der Waals surface area contributed by atoms with Crippen LogP contribution < -0.4 is 0 Å². The normalized spacial score (nSPS) is 23.3. The van der Waals surface area contributed by atoms with Gasteiger partial charge in [-0.15, -0.1) is 0 Å². The zero-order chi connectivity index (χ0) is 14.9. The van der Waals surface area contributed by atoms with Gasteiger partial charge in [0.25, 0.3) is 0 Å². The molecule has 1 heterocycles. The van der Waals surface area contributed by atoms with Crippen LogP contribution in [0.25, 0.3) is 0 Å². The van der Waals surface area contributed by atoms with E-state index in [-0.39, 0.29) is 17.6 Å². The highest BCUT2D eigenvalue weighted by atomic mass is 19.1. The molecule has 0 amide bonds. The van der Waals surface area contributed by atoms with E-state index in [9.17, 15) is 9.18 Å². The van der Waals surface area contributed by atoms with Crippen LogP contribution in [0.2, 0.25) is 0 Å². The minimum absolute atomic E-state index is 0.103. The first-order chi connectivity index (χ1) is 10.1. The van der Waals surface area contributed by atoms with E-state index in [2.05, 4.69) is 4.90 Å². The van der Waals surface area contributed by atoms with Gasteiger partial charge in [0, 0.05) is 5.56 Å². The summed E-state index contributed by atoms with van der Waals surface area (Å²) in [6.07, 6.45) is 7.97. The van der Waals surface area contributed by atoms with E-state index >= 15 is 0 Å². The topological polar surface area (TPSA) is 20.3 Å². The lowest BCUT2D eigenvalue weighted by Crippen LogP contribution is -2.46. The summed E-state index contributed by atoms with van der Waals surface area (Å²) in [5.74, 6) is -0.183. The van der Waals surface area contributed by atoms with Crippen molar-refractivity contribution in [3.63, 3.8) is 0 Å². The van der Waals surface area contributed by atoms with E-state index in [1.165, 1.54) is 50.7 Å². The van der Waals surface area contributed by atoms with Crippen molar-refractivity contribution in [1.82, 2.24) is 4.90 Å². The van der Waals surface area contributed by atoms with Gasteiger partial charge >= 0.3 is 0 Å². The number of carbonyl (C=O) groups excluding carboxylic acids is 1. The van der Waals surface area contributed by atoms with Crippen LogP contribution >= 0.6 is 0 Å². The zero-order valence-electron chi connectivity index (χ0n) is 12.8. The number of nitrogens with zero attached hydrogens (tertiary/aromatic N) is 1. The summed E-state index contributed by atoms with van der Waals surface area (Å²) < 4.78 is 13.0. The molecule has 1 aromatic carbocycles. The second kappa shape index (κ2) is 5.88. The molecule has 0 N–H and O–H groups in total. The Morgan fingerprint density at radius 3 is 2.24 bits per heavy atom. The highest BCUT2D eigenvalue weighted by molar-refractivity contribution is 5.99. The minimum atomic E-state index is -0.291. The lowest BCUT2D eigenvalue weighted by molar-refractivity contribution is 0.0621. The van der Waals surface area contributed by atoms with Gasteiger partial charge in [-0.1, -0.05) is 12.8 Å². The highest BCUT2D eigenvalue weighted by Gasteiger charge is 2.38. The first-order valence-corrected chi connectivity index (χ1v) is 8.14. The molecule has 3 heteroatoms. The number of carbonyl (C=O) groups is 1. The summed E-state index contributed by atoms with van der Waals surface area (Å²) >= 11 is 0. The summed E-state index contributed by atoms with van der Waals surface area (Å²) in [5.41, 5.74) is 1.19. The molecule has 1 atom stereocenters. The molecule has 1 aliphatic carbocycles. The fraction of sp³-hybridized carbons (Fsp3) is 0.611. The fourth-order valence-corrected chi connectivity index (χ4v) is 4.03. The molecule has 1 aromatic rings. The van der Waals surface area contributed by atoms with Gasteiger partial charge in [-0.2, -0.15) is 0 Å². The van der Waals surface area contributed by atoms with E-state index < -0.39 is 0 Å². The third-order valence-electron chi connectivity index (χ3n) is 5.58. The van der Waals surface area contributed by atoms with Crippen LogP contribution in [0.5, 0.6) is 0 Å². The van der Waals surface area contributed by atoms with Crippen molar-refractivity contribution in [3.05, 3.63) is 35.6 Å². The van der Waals surface area contributed by atoms with Crippen LogP contribution in [0, 0.1) is 11.2 Å². The average Bonchev–Trinajstić information content (AvgIpc) is 2.96. The van der Waals surface area contributed by atoms with Crippen LogP contribution in [0.4, 0.5) is 4.39 Å². The number of benzene rings is 1. The summed E-state index contributed by atoms with van der Waals surface area (Å²) in [4.78, 5) is 14.8. The van der Waals surface area contributed by atoms with Gasteiger partial charge in [-0.3, -0.25) is 9.69 Å².